The molecule has 0 saturated carbocycles. The Morgan fingerprint density at radius 3 is 2.75 bits per heavy atom. The maximum Gasteiger partial charge on any atom is 0.119 e. The van der Waals surface area contributed by atoms with Crippen molar-refractivity contribution in [3.8, 4) is 5.75 Å². The fourth-order valence-electron chi connectivity index (χ4n) is 3.18. The van der Waals surface area contributed by atoms with Gasteiger partial charge >= 0.3 is 0 Å². The first-order chi connectivity index (χ1) is 9.43. The Morgan fingerprint density at radius 1 is 1.45 bits per heavy atom. The molecule has 4 nitrogen and oxygen atoms in total. The number of methoxy groups -OCH3 is 1. The standard InChI is InChI=1S/C16H24N2O2/c1-11-6-7-13(20-5)10-14(11)16(3)8-9-18(4)12(2)15(16)17-19/h6-7,10,12,19H,8-9H2,1-5H3/b17-15+. The highest BCUT2D eigenvalue weighted by molar-refractivity contribution is 5.99. The van der Waals surface area contributed by atoms with Crippen LogP contribution in [0.4, 0.5) is 0 Å². The predicted molar refractivity (Wildman–Crippen MR) is 81.0 cm³/mol. The number of hydrogen-bond donors (Lipinski definition) is 1. The van der Waals surface area contributed by atoms with E-state index in [-0.39, 0.29) is 11.5 Å². The van der Waals surface area contributed by atoms with E-state index in [4.69, 9.17) is 4.74 Å². The average molecular weight is 276 g/mol. The molecule has 1 aromatic rings. The average Bonchev–Trinajstić information content (AvgIpc) is 2.44. The lowest BCUT2D eigenvalue weighted by Crippen LogP contribution is -2.53. The molecule has 2 unspecified atom stereocenters. The van der Waals surface area contributed by atoms with Gasteiger partial charge in [0.05, 0.1) is 12.8 Å². The molecule has 2 atom stereocenters. The highest BCUT2D eigenvalue weighted by atomic mass is 16.5. The molecule has 4 heteroatoms. The summed E-state index contributed by atoms with van der Waals surface area (Å²) in [6.07, 6.45) is 0.932. The van der Waals surface area contributed by atoms with Gasteiger partial charge in [0.25, 0.3) is 0 Å². The SMILES string of the molecule is COc1ccc(C)c(C2(C)CCN(C)C(C)/C2=N\O)c1. The van der Waals surface area contributed by atoms with Crippen molar-refractivity contribution in [3.63, 3.8) is 0 Å². The van der Waals surface area contributed by atoms with Crippen LogP contribution in [0, 0.1) is 6.92 Å². The number of benzene rings is 1. The Hall–Kier alpha value is -1.55. The second-order valence-electron chi connectivity index (χ2n) is 5.90. The summed E-state index contributed by atoms with van der Waals surface area (Å²) >= 11 is 0. The van der Waals surface area contributed by atoms with Crippen LogP contribution in [0.2, 0.25) is 0 Å². The highest BCUT2D eigenvalue weighted by Gasteiger charge is 2.42. The van der Waals surface area contributed by atoms with Crippen LogP contribution >= 0.6 is 0 Å². The monoisotopic (exact) mass is 276 g/mol. The quantitative estimate of drug-likeness (QED) is 0.667. The number of rotatable bonds is 2. The number of nitrogens with zero attached hydrogens (tertiary/aromatic N) is 2. The van der Waals surface area contributed by atoms with Gasteiger partial charge < -0.3 is 9.94 Å². The molecule has 0 aromatic heterocycles. The maximum absolute atomic E-state index is 9.52. The van der Waals surface area contributed by atoms with E-state index >= 15 is 0 Å². The Bertz CT molecular complexity index is 527. The molecule has 1 aromatic carbocycles. The summed E-state index contributed by atoms with van der Waals surface area (Å²) in [5.41, 5.74) is 2.96. The molecule has 0 amide bonds. The van der Waals surface area contributed by atoms with Crippen molar-refractivity contribution in [2.75, 3.05) is 20.7 Å². The summed E-state index contributed by atoms with van der Waals surface area (Å²) in [4.78, 5) is 2.21. The Balaban J connectivity index is 2.54. The molecule has 1 fully saturated rings. The zero-order valence-corrected chi connectivity index (χ0v) is 13.0. The van der Waals surface area contributed by atoms with Crippen LogP contribution in [0.1, 0.15) is 31.4 Å². The van der Waals surface area contributed by atoms with Crippen LogP contribution in [0.3, 0.4) is 0 Å². The van der Waals surface area contributed by atoms with Crippen LogP contribution < -0.4 is 4.74 Å². The summed E-state index contributed by atoms with van der Waals surface area (Å²) in [6, 6.07) is 6.23. The molecule has 110 valence electrons. The van der Waals surface area contributed by atoms with E-state index in [2.05, 4.69) is 50.0 Å². The van der Waals surface area contributed by atoms with Crippen molar-refractivity contribution in [1.29, 1.82) is 0 Å². The zero-order chi connectivity index (χ0) is 14.9. The van der Waals surface area contributed by atoms with Crippen LogP contribution in [0.15, 0.2) is 23.4 Å². The number of oxime groups is 1. The molecule has 0 radical (unpaired) electrons. The van der Waals surface area contributed by atoms with Crippen molar-refractivity contribution < 1.29 is 9.94 Å². The van der Waals surface area contributed by atoms with Gasteiger partial charge in [0.1, 0.15) is 5.75 Å². The molecular weight excluding hydrogens is 252 g/mol. The van der Waals surface area contributed by atoms with E-state index in [0.717, 1.165) is 24.4 Å². The predicted octanol–water partition coefficient (Wildman–Crippen LogP) is 2.82. The van der Waals surface area contributed by atoms with Gasteiger partial charge in [-0.1, -0.05) is 11.2 Å². The first kappa shape index (κ1) is 14.9. The molecule has 1 saturated heterocycles. The van der Waals surface area contributed by atoms with Crippen LogP contribution in [0.25, 0.3) is 0 Å². The Kier molecular flexibility index (Phi) is 4.04. The second kappa shape index (κ2) is 5.44. The molecule has 0 aliphatic carbocycles. The topological polar surface area (TPSA) is 45.1 Å². The van der Waals surface area contributed by atoms with Gasteiger partial charge in [-0.2, -0.15) is 0 Å². The molecular formula is C16H24N2O2. The second-order valence-corrected chi connectivity index (χ2v) is 5.90. The molecule has 1 aliphatic heterocycles. The normalized spacial score (nSPS) is 29.6. The third kappa shape index (κ3) is 2.29. The summed E-state index contributed by atoms with van der Waals surface area (Å²) < 4.78 is 5.35. The van der Waals surface area contributed by atoms with E-state index in [0.29, 0.717) is 0 Å². The van der Waals surface area contributed by atoms with E-state index in [9.17, 15) is 5.21 Å². The minimum atomic E-state index is -0.251. The van der Waals surface area contributed by atoms with Gasteiger partial charge in [0.2, 0.25) is 0 Å². The van der Waals surface area contributed by atoms with Crippen molar-refractivity contribution in [2.45, 2.75) is 38.6 Å². The van der Waals surface area contributed by atoms with Crippen LogP contribution in [-0.4, -0.2) is 42.6 Å². The fraction of sp³-hybridized carbons (Fsp3) is 0.562. The molecule has 2 rings (SSSR count). The summed E-state index contributed by atoms with van der Waals surface area (Å²) in [5.74, 6) is 0.843. The smallest absolute Gasteiger partial charge is 0.119 e. The third-order valence-electron chi connectivity index (χ3n) is 4.73. The van der Waals surface area contributed by atoms with Gasteiger partial charge in [-0.25, -0.2) is 0 Å². The van der Waals surface area contributed by atoms with Gasteiger partial charge in [0, 0.05) is 11.5 Å². The summed E-state index contributed by atoms with van der Waals surface area (Å²) in [7, 11) is 3.74. The lowest BCUT2D eigenvalue weighted by Gasteiger charge is -2.43. The highest BCUT2D eigenvalue weighted by Crippen LogP contribution is 2.38. The van der Waals surface area contributed by atoms with Crippen molar-refractivity contribution in [3.05, 3.63) is 29.3 Å². The lowest BCUT2D eigenvalue weighted by molar-refractivity contribution is 0.230. The van der Waals surface area contributed by atoms with E-state index in [1.54, 1.807) is 7.11 Å². The largest absolute Gasteiger partial charge is 0.497 e. The molecule has 0 spiro atoms. The summed E-state index contributed by atoms with van der Waals surface area (Å²) in [6.45, 7) is 7.32. The number of hydrogen-bond acceptors (Lipinski definition) is 4. The number of piperidine rings is 1. The molecule has 1 heterocycles. The number of aryl methyl sites for hydroxylation is 1. The van der Waals surface area contributed by atoms with Gasteiger partial charge in [-0.15, -0.1) is 0 Å². The fourth-order valence-corrected chi connectivity index (χ4v) is 3.18. The van der Waals surface area contributed by atoms with Gasteiger partial charge in [-0.05, 0) is 64.0 Å². The van der Waals surface area contributed by atoms with E-state index < -0.39 is 0 Å². The summed E-state index contributed by atoms with van der Waals surface area (Å²) in [5, 5.41) is 13.2. The molecule has 1 N–H and O–H groups in total. The van der Waals surface area contributed by atoms with Gasteiger partial charge in [-0.3, -0.25) is 4.90 Å². The Morgan fingerprint density at radius 2 is 2.15 bits per heavy atom. The van der Waals surface area contributed by atoms with Crippen molar-refractivity contribution in [2.24, 2.45) is 5.16 Å². The van der Waals surface area contributed by atoms with E-state index in [1.165, 1.54) is 11.1 Å². The van der Waals surface area contributed by atoms with Crippen molar-refractivity contribution >= 4 is 5.71 Å². The van der Waals surface area contributed by atoms with Crippen molar-refractivity contribution in [1.82, 2.24) is 4.90 Å². The minimum Gasteiger partial charge on any atom is -0.497 e. The number of likely N-dealkylation sites (tertiary alicyclic amines) is 1. The van der Waals surface area contributed by atoms with Gasteiger partial charge in [0.15, 0.2) is 0 Å². The minimum absolute atomic E-state index is 0.129. The Labute approximate surface area is 121 Å². The molecule has 1 aliphatic rings. The first-order valence-corrected chi connectivity index (χ1v) is 7.02. The van der Waals surface area contributed by atoms with Crippen LogP contribution in [0.5, 0.6) is 5.75 Å². The third-order valence-corrected chi connectivity index (χ3v) is 4.73. The molecule has 20 heavy (non-hydrogen) atoms. The number of ether oxygens (including phenoxy) is 1. The first-order valence-electron chi connectivity index (χ1n) is 7.02. The van der Waals surface area contributed by atoms with E-state index in [1.807, 2.05) is 6.07 Å². The lowest BCUT2D eigenvalue weighted by atomic mass is 9.69. The van der Waals surface area contributed by atoms with Crippen LogP contribution in [-0.2, 0) is 5.41 Å². The maximum atomic E-state index is 9.52. The molecule has 0 bridgehead atoms. The zero-order valence-electron chi connectivity index (χ0n) is 13.0.